The summed E-state index contributed by atoms with van der Waals surface area (Å²) in [6.07, 6.45) is 3.57. The minimum atomic E-state index is -4.53. The van der Waals surface area contributed by atoms with E-state index in [0.29, 0.717) is 29.8 Å². The zero-order valence-electron chi connectivity index (χ0n) is 19.0. The lowest BCUT2D eigenvalue weighted by Gasteiger charge is -2.29. The van der Waals surface area contributed by atoms with Gasteiger partial charge in [-0.1, -0.05) is 6.92 Å². The molecule has 0 saturated heterocycles. The van der Waals surface area contributed by atoms with Crippen molar-refractivity contribution < 1.29 is 18.0 Å². The molecule has 2 aromatic heterocycles. The van der Waals surface area contributed by atoms with Crippen LogP contribution in [0.25, 0.3) is 5.95 Å². The molecule has 0 N–H and O–H groups in total. The summed E-state index contributed by atoms with van der Waals surface area (Å²) in [5.41, 5.74) is -0.493. The van der Waals surface area contributed by atoms with Gasteiger partial charge in [0.1, 0.15) is 6.33 Å². The Morgan fingerprint density at radius 3 is 2.50 bits per heavy atom. The van der Waals surface area contributed by atoms with Gasteiger partial charge in [-0.15, -0.1) is 0 Å². The number of halogens is 3. The van der Waals surface area contributed by atoms with Crippen molar-refractivity contribution in [2.24, 2.45) is 5.92 Å². The normalized spacial score (nSPS) is 17.9. The lowest BCUT2D eigenvalue weighted by molar-refractivity contribution is -0.137. The monoisotopic (exact) mass is 470 g/mol. The summed E-state index contributed by atoms with van der Waals surface area (Å²) >= 11 is 0. The summed E-state index contributed by atoms with van der Waals surface area (Å²) in [4.78, 5) is 28.1. The predicted octanol–water partition coefficient (Wildman–Crippen LogP) is 4.74. The maximum Gasteiger partial charge on any atom is 0.416 e. The second kappa shape index (κ2) is 8.18. The van der Waals surface area contributed by atoms with Crippen LogP contribution in [0.2, 0.25) is 0 Å². The molecule has 10 heteroatoms. The van der Waals surface area contributed by atoms with Crippen molar-refractivity contribution in [3.63, 3.8) is 0 Å². The Hall–Kier alpha value is -3.30. The van der Waals surface area contributed by atoms with Crippen LogP contribution in [0.5, 0.6) is 0 Å². The second-order valence-electron chi connectivity index (χ2n) is 9.51. The Labute approximate surface area is 195 Å². The van der Waals surface area contributed by atoms with Gasteiger partial charge in [-0.2, -0.15) is 23.0 Å². The lowest BCUT2D eigenvalue weighted by atomic mass is 9.93. The molecule has 178 valence electrons. The highest BCUT2D eigenvalue weighted by atomic mass is 19.4. The molecular weight excluding hydrogens is 445 g/mol. The summed E-state index contributed by atoms with van der Waals surface area (Å²) in [6.45, 7) is 4.18. The van der Waals surface area contributed by atoms with Crippen LogP contribution >= 0.6 is 0 Å². The fourth-order valence-electron chi connectivity index (χ4n) is 4.13. The molecular formula is C24H25F3N6O. The number of aromatic nitrogens is 5. The van der Waals surface area contributed by atoms with E-state index in [-0.39, 0.29) is 11.0 Å². The third-order valence-electron chi connectivity index (χ3n) is 6.77. The van der Waals surface area contributed by atoms with Gasteiger partial charge in [0.25, 0.3) is 11.9 Å². The van der Waals surface area contributed by atoms with Crippen LogP contribution in [-0.2, 0) is 11.6 Å². The first kappa shape index (κ1) is 22.5. The van der Waals surface area contributed by atoms with Gasteiger partial charge in [0.15, 0.2) is 5.82 Å². The van der Waals surface area contributed by atoms with E-state index in [1.165, 1.54) is 17.1 Å². The van der Waals surface area contributed by atoms with E-state index >= 15 is 0 Å². The number of alkyl halides is 3. The molecule has 2 fully saturated rings. The molecule has 1 aromatic carbocycles. The quantitative estimate of drug-likeness (QED) is 0.499. The average Bonchev–Trinajstić information content (AvgIpc) is 3.74. The number of hydrogen-bond acceptors (Lipinski definition) is 5. The maximum atomic E-state index is 13.7. The first-order chi connectivity index (χ1) is 16.2. The second-order valence-corrected chi connectivity index (χ2v) is 9.51. The Kier molecular flexibility index (Phi) is 5.41. The molecule has 0 radical (unpaired) electrons. The Morgan fingerprint density at radius 1 is 1.18 bits per heavy atom. The Balaban J connectivity index is 1.53. The summed E-state index contributed by atoms with van der Waals surface area (Å²) in [6, 6.07) is 4.91. The number of nitrogens with zero attached hydrogens (tertiary/aromatic N) is 6. The van der Waals surface area contributed by atoms with Gasteiger partial charge in [0, 0.05) is 24.5 Å². The molecule has 0 aliphatic heterocycles. The largest absolute Gasteiger partial charge is 0.416 e. The molecule has 5 rings (SSSR count). The summed E-state index contributed by atoms with van der Waals surface area (Å²) in [5, 5.41) is 4.21. The van der Waals surface area contributed by atoms with Gasteiger partial charge in [0.2, 0.25) is 0 Å². The number of benzene rings is 1. The number of carbonyl (C=O) groups excluding carboxylic acids is 1. The molecule has 2 saturated carbocycles. The minimum Gasteiger partial charge on any atom is -0.328 e. The van der Waals surface area contributed by atoms with Crippen LogP contribution in [0.3, 0.4) is 0 Å². The van der Waals surface area contributed by atoms with Crippen molar-refractivity contribution in [1.82, 2.24) is 29.6 Å². The van der Waals surface area contributed by atoms with Crippen LogP contribution in [0.4, 0.5) is 13.2 Å². The lowest BCUT2D eigenvalue weighted by Crippen LogP contribution is -2.37. The summed E-state index contributed by atoms with van der Waals surface area (Å²) < 4.78 is 42.6. The highest BCUT2D eigenvalue weighted by Crippen LogP contribution is 2.49. The van der Waals surface area contributed by atoms with Crippen LogP contribution in [0, 0.1) is 5.92 Å². The van der Waals surface area contributed by atoms with Crippen molar-refractivity contribution in [2.45, 2.75) is 57.2 Å². The summed E-state index contributed by atoms with van der Waals surface area (Å²) in [7, 11) is 0. The molecule has 7 nitrogen and oxygen atoms in total. The standard InChI is InChI=1S/C24H25F3N6O/c1-15(20-30-14-31-33(20)22-28-8-3-9-29-22)32(13-16-4-5-16)21(34)17-10-18(23(2)6-7-23)12-19(11-17)24(25,26)27/h3,8-12,14-16H,4-7,13H2,1-2H3. The number of hydrogen-bond donors (Lipinski definition) is 0. The first-order valence-electron chi connectivity index (χ1n) is 11.4. The van der Waals surface area contributed by atoms with Gasteiger partial charge in [-0.25, -0.2) is 15.0 Å². The number of amides is 1. The van der Waals surface area contributed by atoms with Gasteiger partial charge in [0.05, 0.1) is 11.6 Å². The van der Waals surface area contributed by atoms with Gasteiger partial charge in [-0.05, 0) is 73.8 Å². The molecule has 3 aromatic rings. The zero-order valence-corrected chi connectivity index (χ0v) is 19.0. The van der Waals surface area contributed by atoms with E-state index in [0.717, 1.165) is 31.7 Å². The van der Waals surface area contributed by atoms with E-state index in [1.54, 1.807) is 36.4 Å². The van der Waals surface area contributed by atoms with E-state index in [1.807, 2.05) is 6.92 Å². The third kappa shape index (κ3) is 4.41. The van der Waals surface area contributed by atoms with E-state index in [9.17, 15) is 18.0 Å². The predicted molar refractivity (Wildman–Crippen MR) is 117 cm³/mol. The molecule has 0 spiro atoms. The van der Waals surface area contributed by atoms with Crippen molar-refractivity contribution in [3.8, 4) is 5.95 Å². The van der Waals surface area contributed by atoms with Gasteiger partial charge >= 0.3 is 6.18 Å². The highest BCUT2D eigenvalue weighted by molar-refractivity contribution is 5.95. The molecule has 1 unspecified atom stereocenters. The molecule has 1 amide bonds. The van der Waals surface area contributed by atoms with E-state index < -0.39 is 23.7 Å². The third-order valence-corrected chi connectivity index (χ3v) is 6.77. The molecule has 2 aliphatic carbocycles. The number of rotatable bonds is 7. The molecule has 1 atom stereocenters. The fourth-order valence-corrected chi connectivity index (χ4v) is 4.13. The van der Waals surface area contributed by atoms with Gasteiger partial charge in [-0.3, -0.25) is 4.79 Å². The van der Waals surface area contributed by atoms with Crippen LogP contribution in [0.1, 0.15) is 72.9 Å². The van der Waals surface area contributed by atoms with Crippen LogP contribution < -0.4 is 0 Å². The zero-order chi connectivity index (χ0) is 24.1. The Morgan fingerprint density at radius 2 is 1.88 bits per heavy atom. The van der Waals surface area contributed by atoms with Crippen molar-refractivity contribution in [1.29, 1.82) is 0 Å². The topological polar surface area (TPSA) is 76.8 Å². The molecule has 2 aliphatic rings. The first-order valence-corrected chi connectivity index (χ1v) is 11.4. The molecule has 34 heavy (non-hydrogen) atoms. The average molecular weight is 470 g/mol. The fraction of sp³-hybridized carbons (Fsp3) is 0.458. The highest BCUT2D eigenvalue weighted by Gasteiger charge is 2.42. The van der Waals surface area contributed by atoms with Crippen molar-refractivity contribution >= 4 is 5.91 Å². The smallest absolute Gasteiger partial charge is 0.328 e. The van der Waals surface area contributed by atoms with E-state index in [2.05, 4.69) is 20.1 Å². The van der Waals surface area contributed by atoms with Gasteiger partial charge < -0.3 is 4.90 Å². The van der Waals surface area contributed by atoms with Crippen LogP contribution in [0.15, 0.2) is 43.0 Å². The minimum absolute atomic E-state index is 0.0486. The Bertz CT molecular complexity index is 1180. The molecule has 0 bridgehead atoms. The van der Waals surface area contributed by atoms with Crippen molar-refractivity contribution in [3.05, 3.63) is 65.5 Å². The number of carbonyl (C=O) groups is 1. The molecule has 2 heterocycles. The maximum absolute atomic E-state index is 13.7. The van der Waals surface area contributed by atoms with E-state index in [4.69, 9.17) is 0 Å². The SMILES string of the molecule is CC(c1ncnn1-c1ncccn1)N(CC1CC1)C(=O)c1cc(C(F)(F)F)cc(C2(C)CC2)c1. The van der Waals surface area contributed by atoms with Crippen LogP contribution in [-0.4, -0.2) is 42.1 Å². The summed E-state index contributed by atoms with van der Waals surface area (Å²) in [5.74, 6) is 0.631. The van der Waals surface area contributed by atoms with Crippen molar-refractivity contribution in [2.75, 3.05) is 6.54 Å².